The molecule has 0 saturated carbocycles. The standard InChI is InChI=1S/C11H10ClNO/c12-8-10-5-1-3-9(7-10)4-2-6-11(13)14/h1,3,5,7H,6,8H2,(H2,13,14). The highest BCUT2D eigenvalue weighted by Gasteiger charge is 1.91. The second kappa shape index (κ2) is 5.31. The Morgan fingerprint density at radius 2 is 2.29 bits per heavy atom. The number of halogens is 1. The first-order valence-corrected chi connectivity index (χ1v) is 4.68. The van der Waals surface area contributed by atoms with Crippen molar-refractivity contribution < 1.29 is 4.79 Å². The third-order valence-corrected chi connectivity index (χ3v) is 1.89. The predicted molar refractivity (Wildman–Crippen MR) is 56.7 cm³/mol. The summed E-state index contributed by atoms with van der Waals surface area (Å²) in [4.78, 5) is 10.4. The van der Waals surface area contributed by atoms with Crippen molar-refractivity contribution in [3.8, 4) is 11.8 Å². The SMILES string of the molecule is NC(=O)CC#Cc1cccc(CCl)c1. The van der Waals surface area contributed by atoms with Gasteiger partial charge in [-0.25, -0.2) is 0 Å². The van der Waals surface area contributed by atoms with Gasteiger partial charge in [0.1, 0.15) is 0 Å². The molecule has 1 amide bonds. The zero-order chi connectivity index (χ0) is 10.4. The molecule has 0 saturated heterocycles. The summed E-state index contributed by atoms with van der Waals surface area (Å²) < 4.78 is 0. The van der Waals surface area contributed by atoms with Crippen molar-refractivity contribution in [2.24, 2.45) is 5.73 Å². The second-order valence-electron chi connectivity index (χ2n) is 2.78. The molecule has 0 aliphatic rings. The molecule has 0 aromatic heterocycles. The van der Waals surface area contributed by atoms with Gasteiger partial charge in [-0.1, -0.05) is 24.0 Å². The molecule has 0 aliphatic carbocycles. The molecule has 0 unspecified atom stereocenters. The molecular formula is C11H10ClNO. The number of hydrogen-bond donors (Lipinski definition) is 1. The van der Waals surface area contributed by atoms with Crippen LogP contribution in [0.4, 0.5) is 0 Å². The number of benzene rings is 1. The van der Waals surface area contributed by atoms with Crippen molar-refractivity contribution in [3.63, 3.8) is 0 Å². The fourth-order valence-corrected chi connectivity index (χ4v) is 1.13. The van der Waals surface area contributed by atoms with E-state index >= 15 is 0 Å². The number of nitrogens with two attached hydrogens (primary N) is 1. The lowest BCUT2D eigenvalue weighted by Crippen LogP contribution is -2.08. The Bertz CT molecular complexity index is 390. The average Bonchev–Trinajstić information content (AvgIpc) is 2.18. The number of rotatable bonds is 2. The van der Waals surface area contributed by atoms with Gasteiger partial charge in [-0.05, 0) is 17.7 Å². The van der Waals surface area contributed by atoms with Gasteiger partial charge in [0, 0.05) is 11.4 Å². The largest absolute Gasteiger partial charge is 0.369 e. The Labute approximate surface area is 88.1 Å². The lowest BCUT2D eigenvalue weighted by molar-refractivity contribution is -0.117. The molecule has 0 heterocycles. The van der Waals surface area contributed by atoms with E-state index in [1.54, 1.807) is 0 Å². The van der Waals surface area contributed by atoms with Gasteiger partial charge in [-0.15, -0.1) is 11.6 Å². The fraction of sp³-hybridized carbons (Fsp3) is 0.182. The molecule has 14 heavy (non-hydrogen) atoms. The minimum Gasteiger partial charge on any atom is -0.369 e. The van der Waals surface area contributed by atoms with Gasteiger partial charge >= 0.3 is 0 Å². The highest BCUT2D eigenvalue weighted by atomic mass is 35.5. The summed E-state index contributed by atoms with van der Waals surface area (Å²) in [5, 5.41) is 0. The first kappa shape index (κ1) is 10.6. The Hall–Kier alpha value is -1.46. The minimum absolute atomic E-state index is 0.0884. The smallest absolute Gasteiger partial charge is 0.229 e. The van der Waals surface area contributed by atoms with E-state index in [-0.39, 0.29) is 6.42 Å². The quantitative estimate of drug-likeness (QED) is 0.582. The summed E-state index contributed by atoms with van der Waals surface area (Å²) in [6.45, 7) is 0. The van der Waals surface area contributed by atoms with Crippen LogP contribution >= 0.6 is 11.6 Å². The molecule has 1 aromatic rings. The summed E-state index contributed by atoms with van der Waals surface area (Å²) in [6.07, 6.45) is 0.0884. The van der Waals surface area contributed by atoms with Crippen LogP contribution in [0.25, 0.3) is 0 Å². The van der Waals surface area contributed by atoms with E-state index < -0.39 is 5.91 Å². The minimum atomic E-state index is -0.411. The summed E-state index contributed by atoms with van der Waals surface area (Å²) in [6, 6.07) is 7.56. The second-order valence-corrected chi connectivity index (χ2v) is 3.05. The van der Waals surface area contributed by atoms with Gasteiger partial charge in [-0.2, -0.15) is 0 Å². The molecule has 0 fully saturated rings. The van der Waals surface area contributed by atoms with Gasteiger partial charge in [-0.3, -0.25) is 4.79 Å². The maximum absolute atomic E-state index is 10.4. The van der Waals surface area contributed by atoms with E-state index in [2.05, 4.69) is 11.8 Å². The third-order valence-electron chi connectivity index (χ3n) is 1.58. The number of amides is 1. The van der Waals surface area contributed by atoms with E-state index in [1.165, 1.54) is 0 Å². The van der Waals surface area contributed by atoms with Crippen LogP contribution in [0.15, 0.2) is 24.3 Å². The highest BCUT2D eigenvalue weighted by Crippen LogP contribution is 2.06. The molecule has 2 nitrogen and oxygen atoms in total. The lowest BCUT2D eigenvalue weighted by Gasteiger charge is -1.94. The third kappa shape index (κ3) is 3.51. The van der Waals surface area contributed by atoms with E-state index in [1.807, 2.05) is 24.3 Å². The summed E-state index contributed by atoms with van der Waals surface area (Å²) in [5.41, 5.74) is 6.81. The molecule has 72 valence electrons. The number of carbonyl (C=O) groups excluding carboxylic acids is 1. The summed E-state index contributed by atoms with van der Waals surface area (Å²) in [7, 11) is 0. The van der Waals surface area contributed by atoms with Crippen LogP contribution in [0, 0.1) is 11.8 Å². The summed E-state index contributed by atoms with van der Waals surface area (Å²) >= 11 is 5.66. The molecule has 3 heteroatoms. The summed E-state index contributed by atoms with van der Waals surface area (Å²) in [5.74, 6) is 5.58. The first-order valence-electron chi connectivity index (χ1n) is 4.14. The van der Waals surface area contributed by atoms with Crippen LogP contribution in [0.5, 0.6) is 0 Å². The van der Waals surface area contributed by atoms with Crippen LogP contribution < -0.4 is 5.73 Å². The van der Waals surface area contributed by atoms with Crippen molar-refractivity contribution in [2.45, 2.75) is 12.3 Å². The van der Waals surface area contributed by atoms with Crippen molar-refractivity contribution in [1.82, 2.24) is 0 Å². The van der Waals surface area contributed by atoms with Gasteiger partial charge in [0.15, 0.2) is 0 Å². The maximum atomic E-state index is 10.4. The lowest BCUT2D eigenvalue weighted by atomic mass is 10.1. The monoisotopic (exact) mass is 207 g/mol. The molecule has 0 atom stereocenters. The zero-order valence-corrected chi connectivity index (χ0v) is 8.34. The number of hydrogen-bond acceptors (Lipinski definition) is 1. The first-order chi connectivity index (χ1) is 6.72. The molecule has 0 bridgehead atoms. The van der Waals surface area contributed by atoms with Gasteiger partial charge in [0.05, 0.1) is 6.42 Å². The van der Waals surface area contributed by atoms with E-state index in [0.29, 0.717) is 5.88 Å². The van der Waals surface area contributed by atoms with Crippen molar-refractivity contribution >= 4 is 17.5 Å². The molecule has 1 rings (SSSR count). The van der Waals surface area contributed by atoms with Crippen LogP contribution in [0.1, 0.15) is 17.5 Å². The average molecular weight is 208 g/mol. The fourth-order valence-electron chi connectivity index (χ4n) is 0.966. The maximum Gasteiger partial charge on any atom is 0.229 e. The molecule has 0 radical (unpaired) electrons. The molecule has 0 spiro atoms. The molecule has 1 aromatic carbocycles. The van der Waals surface area contributed by atoms with Crippen LogP contribution in [0.3, 0.4) is 0 Å². The number of primary amides is 1. The van der Waals surface area contributed by atoms with Crippen LogP contribution in [-0.2, 0) is 10.7 Å². The number of carbonyl (C=O) groups is 1. The highest BCUT2D eigenvalue weighted by molar-refractivity contribution is 6.17. The Morgan fingerprint density at radius 3 is 2.93 bits per heavy atom. The molecular weight excluding hydrogens is 198 g/mol. The normalized spacial score (nSPS) is 8.93. The zero-order valence-electron chi connectivity index (χ0n) is 7.59. The topological polar surface area (TPSA) is 43.1 Å². The molecule has 0 aliphatic heterocycles. The van der Waals surface area contributed by atoms with Crippen molar-refractivity contribution in [2.75, 3.05) is 0 Å². The van der Waals surface area contributed by atoms with Gasteiger partial charge in [0.2, 0.25) is 5.91 Å². The van der Waals surface area contributed by atoms with Crippen molar-refractivity contribution in [3.05, 3.63) is 35.4 Å². The van der Waals surface area contributed by atoms with Crippen LogP contribution in [0.2, 0.25) is 0 Å². The predicted octanol–water partition coefficient (Wildman–Crippen LogP) is 1.65. The van der Waals surface area contributed by atoms with Crippen LogP contribution in [-0.4, -0.2) is 5.91 Å². The van der Waals surface area contributed by atoms with E-state index in [4.69, 9.17) is 17.3 Å². The van der Waals surface area contributed by atoms with Gasteiger partial charge in [0.25, 0.3) is 0 Å². The van der Waals surface area contributed by atoms with E-state index in [9.17, 15) is 4.79 Å². The Balaban J connectivity index is 2.74. The Morgan fingerprint density at radius 1 is 1.50 bits per heavy atom. The number of alkyl halides is 1. The van der Waals surface area contributed by atoms with Crippen molar-refractivity contribution in [1.29, 1.82) is 0 Å². The van der Waals surface area contributed by atoms with E-state index in [0.717, 1.165) is 11.1 Å². The Kier molecular flexibility index (Phi) is 4.03. The van der Waals surface area contributed by atoms with Gasteiger partial charge < -0.3 is 5.73 Å². The molecule has 2 N–H and O–H groups in total.